The minimum atomic E-state index is -3.88. The van der Waals surface area contributed by atoms with Crippen LogP contribution in [0.25, 0.3) is 0 Å². The second kappa shape index (κ2) is 4.07. The highest BCUT2D eigenvalue weighted by atomic mass is 32.2. The smallest absolute Gasteiger partial charge is 0.278 e. The van der Waals surface area contributed by atoms with Crippen molar-refractivity contribution < 1.29 is 18.3 Å². The van der Waals surface area contributed by atoms with Gasteiger partial charge in [0.25, 0.3) is 5.56 Å². The molecule has 4 N–H and O–H groups in total. The first kappa shape index (κ1) is 12.5. The Labute approximate surface area is 101 Å². The third kappa shape index (κ3) is 2.07. The van der Waals surface area contributed by atoms with Gasteiger partial charge in [0.2, 0.25) is 21.8 Å². The van der Waals surface area contributed by atoms with E-state index in [9.17, 15) is 23.1 Å². The van der Waals surface area contributed by atoms with Crippen molar-refractivity contribution in [2.24, 2.45) is 5.14 Å². The molecule has 2 rings (SSSR count). The number of anilines is 1. The van der Waals surface area contributed by atoms with Gasteiger partial charge in [-0.3, -0.25) is 9.59 Å². The van der Waals surface area contributed by atoms with Crippen LogP contribution >= 0.6 is 0 Å². The number of nitrogens with two attached hydrogens (primary N) is 1. The summed E-state index contributed by atoms with van der Waals surface area (Å²) < 4.78 is 22.3. The van der Waals surface area contributed by atoms with Crippen molar-refractivity contribution in [1.29, 1.82) is 0 Å². The maximum absolute atomic E-state index is 11.7. The van der Waals surface area contributed by atoms with Gasteiger partial charge < -0.3 is 15.0 Å². The standard InChI is InChI=1S/C8H10N4O5S/c9-18(16,17)4-1-5(13)12(2-4)6-7(14)10-3-11-8(6)15/h3-4H,1-2H2,(H2,9,16,17)(H2,10,11,14,15). The largest absolute Gasteiger partial charge is 0.492 e. The predicted octanol–water partition coefficient (Wildman–Crippen LogP) is -2.13. The predicted molar refractivity (Wildman–Crippen MR) is 60.4 cm³/mol. The van der Waals surface area contributed by atoms with Crippen molar-refractivity contribution in [2.45, 2.75) is 11.7 Å². The second-order valence-electron chi connectivity index (χ2n) is 3.82. The summed E-state index contributed by atoms with van der Waals surface area (Å²) in [5.41, 5.74) is -1.10. The Kier molecular flexibility index (Phi) is 2.83. The maximum Gasteiger partial charge on any atom is 0.278 e. The molecule has 18 heavy (non-hydrogen) atoms. The van der Waals surface area contributed by atoms with Gasteiger partial charge in [-0.15, -0.1) is 0 Å². The number of hydrogen-bond acceptors (Lipinski definition) is 6. The number of hydrogen-bond donors (Lipinski definition) is 3. The molecule has 0 spiro atoms. The molecular formula is C8H10N4O5S. The SMILES string of the molecule is NS(=O)(=O)C1CC(=O)N(c2c(O)nc[nH]c2=O)C1. The number of rotatable bonds is 2. The number of carbonyl (C=O) groups excluding carboxylic acids is 1. The van der Waals surface area contributed by atoms with E-state index in [1.165, 1.54) is 0 Å². The number of H-pyrrole nitrogens is 1. The van der Waals surface area contributed by atoms with Crippen LogP contribution in [0, 0.1) is 0 Å². The molecule has 2 heterocycles. The summed E-state index contributed by atoms with van der Waals surface area (Å²) in [6.45, 7) is -0.278. The second-order valence-corrected chi connectivity index (χ2v) is 5.67. The van der Waals surface area contributed by atoms with Crippen molar-refractivity contribution in [3.63, 3.8) is 0 Å². The normalized spacial score (nSPS) is 20.4. The van der Waals surface area contributed by atoms with E-state index in [1.807, 2.05) is 0 Å². The molecule has 1 amide bonds. The van der Waals surface area contributed by atoms with Gasteiger partial charge in [0.15, 0.2) is 5.69 Å². The fourth-order valence-electron chi connectivity index (χ4n) is 1.74. The highest BCUT2D eigenvalue weighted by molar-refractivity contribution is 7.89. The molecule has 10 heteroatoms. The lowest BCUT2D eigenvalue weighted by molar-refractivity contribution is -0.117. The fraction of sp³-hybridized carbons (Fsp3) is 0.375. The van der Waals surface area contributed by atoms with Crippen LogP contribution in [-0.4, -0.2) is 41.2 Å². The van der Waals surface area contributed by atoms with E-state index in [2.05, 4.69) is 9.97 Å². The van der Waals surface area contributed by atoms with Crippen LogP contribution in [-0.2, 0) is 14.8 Å². The van der Waals surface area contributed by atoms with Crippen molar-refractivity contribution in [2.75, 3.05) is 11.4 Å². The summed E-state index contributed by atoms with van der Waals surface area (Å²) in [7, 11) is -3.88. The zero-order valence-electron chi connectivity index (χ0n) is 9.03. The monoisotopic (exact) mass is 274 g/mol. The molecular weight excluding hydrogens is 264 g/mol. The van der Waals surface area contributed by atoms with Crippen LogP contribution in [0.5, 0.6) is 5.88 Å². The molecule has 1 aliphatic heterocycles. The number of aromatic amines is 1. The van der Waals surface area contributed by atoms with Gasteiger partial charge in [0, 0.05) is 13.0 Å². The number of amides is 1. The first-order chi connectivity index (χ1) is 8.30. The van der Waals surface area contributed by atoms with Crippen LogP contribution in [0.2, 0.25) is 0 Å². The van der Waals surface area contributed by atoms with Crippen LogP contribution in [0.1, 0.15) is 6.42 Å². The summed E-state index contributed by atoms with van der Waals surface area (Å²) in [5.74, 6) is -1.25. The number of primary sulfonamides is 1. The van der Waals surface area contributed by atoms with Gasteiger partial charge in [-0.1, -0.05) is 0 Å². The number of nitrogens with zero attached hydrogens (tertiary/aromatic N) is 2. The Hall–Kier alpha value is -1.94. The van der Waals surface area contributed by atoms with Crippen LogP contribution in [0.4, 0.5) is 5.69 Å². The number of aromatic hydroxyl groups is 1. The van der Waals surface area contributed by atoms with Gasteiger partial charge in [-0.2, -0.15) is 0 Å². The average Bonchev–Trinajstić information content (AvgIpc) is 2.60. The Morgan fingerprint density at radius 3 is 2.67 bits per heavy atom. The molecule has 1 saturated heterocycles. The molecule has 0 saturated carbocycles. The van der Waals surface area contributed by atoms with E-state index >= 15 is 0 Å². The van der Waals surface area contributed by atoms with Gasteiger partial charge in [-0.25, -0.2) is 18.5 Å². The zero-order valence-corrected chi connectivity index (χ0v) is 9.85. The lowest BCUT2D eigenvalue weighted by atomic mass is 10.4. The van der Waals surface area contributed by atoms with Crippen molar-refractivity contribution in [3.8, 4) is 5.88 Å². The summed E-state index contributed by atoms with van der Waals surface area (Å²) in [4.78, 5) is 29.6. The molecule has 0 bridgehead atoms. The summed E-state index contributed by atoms with van der Waals surface area (Å²) in [5, 5.41) is 13.3. The molecule has 1 fully saturated rings. The van der Waals surface area contributed by atoms with Crippen LogP contribution < -0.4 is 15.6 Å². The molecule has 0 aromatic carbocycles. The Balaban J connectivity index is 2.42. The highest BCUT2D eigenvalue weighted by Gasteiger charge is 2.39. The quantitative estimate of drug-likeness (QED) is 0.561. The summed E-state index contributed by atoms with van der Waals surface area (Å²) >= 11 is 0. The average molecular weight is 274 g/mol. The molecule has 1 unspecified atom stereocenters. The van der Waals surface area contributed by atoms with Gasteiger partial charge in [-0.05, 0) is 0 Å². The van der Waals surface area contributed by atoms with Crippen LogP contribution in [0.15, 0.2) is 11.1 Å². The van der Waals surface area contributed by atoms with Gasteiger partial charge in [0.05, 0.1) is 6.33 Å². The highest BCUT2D eigenvalue weighted by Crippen LogP contribution is 2.26. The number of aromatic nitrogens is 2. The summed E-state index contributed by atoms with van der Waals surface area (Å²) in [6, 6.07) is 0. The third-order valence-electron chi connectivity index (χ3n) is 2.63. The minimum absolute atomic E-state index is 0.278. The van der Waals surface area contributed by atoms with E-state index in [-0.39, 0.29) is 18.7 Å². The third-order valence-corrected chi connectivity index (χ3v) is 3.88. The first-order valence-corrected chi connectivity index (χ1v) is 6.50. The van der Waals surface area contributed by atoms with Crippen molar-refractivity contribution in [1.82, 2.24) is 9.97 Å². The van der Waals surface area contributed by atoms with Crippen molar-refractivity contribution >= 4 is 21.6 Å². The Morgan fingerprint density at radius 2 is 2.17 bits per heavy atom. The molecule has 1 aromatic heterocycles. The fourth-order valence-corrected chi connectivity index (χ4v) is 2.47. The van der Waals surface area contributed by atoms with E-state index in [0.717, 1.165) is 11.2 Å². The zero-order chi connectivity index (χ0) is 13.5. The van der Waals surface area contributed by atoms with Gasteiger partial charge in [0.1, 0.15) is 5.25 Å². The number of sulfonamides is 1. The van der Waals surface area contributed by atoms with Crippen molar-refractivity contribution in [3.05, 3.63) is 16.7 Å². The number of nitrogens with one attached hydrogen (secondary N) is 1. The Bertz CT molecular complexity index is 652. The topological polar surface area (TPSA) is 146 Å². The van der Waals surface area contributed by atoms with E-state index in [1.54, 1.807) is 0 Å². The molecule has 98 valence electrons. The lowest BCUT2D eigenvalue weighted by Crippen LogP contribution is -2.34. The van der Waals surface area contributed by atoms with E-state index < -0.39 is 32.6 Å². The maximum atomic E-state index is 11.7. The first-order valence-electron chi connectivity index (χ1n) is 4.89. The molecule has 1 atom stereocenters. The molecule has 1 aromatic rings. The molecule has 0 aliphatic carbocycles. The minimum Gasteiger partial charge on any atom is -0.492 e. The number of carbonyl (C=O) groups is 1. The van der Waals surface area contributed by atoms with E-state index in [0.29, 0.717) is 0 Å². The molecule has 1 aliphatic rings. The molecule has 9 nitrogen and oxygen atoms in total. The molecule has 0 radical (unpaired) electrons. The van der Waals surface area contributed by atoms with E-state index in [4.69, 9.17) is 5.14 Å². The Morgan fingerprint density at radius 1 is 1.50 bits per heavy atom. The summed E-state index contributed by atoms with van der Waals surface area (Å²) in [6.07, 6.45) is 0.644. The lowest BCUT2D eigenvalue weighted by Gasteiger charge is -2.15. The van der Waals surface area contributed by atoms with Gasteiger partial charge >= 0.3 is 0 Å². The van der Waals surface area contributed by atoms with Crippen LogP contribution in [0.3, 0.4) is 0 Å².